The third kappa shape index (κ3) is 3.07. The van der Waals surface area contributed by atoms with Gasteiger partial charge in [-0.25, -0.2) is 0 Å². The van der Waals surface area contributed by atoms with Crippen LogP contribution in [0.1, 0.15) is 120 Å². The summed E-state index contributed by atoms with van der Waals surface area (Å²) in [5.74, 6) is 2.13. The number of hydrogen-bond acceptors (Lipinski definition) is 2. The Morgan fingerprint density at radius 3 is 2.24 bits per heavy atom. The van der Waals surface area contributed by atoms with E-state index >= 15 is 0 Å². The van der Waals surface area contributed by atoms with Gasteiger partial charge in [0.2, 0.25) is 0 Å². The minimum absolute atomic E-state index is 0.0542. The molecule has 2 heteroatoms. The van der Waals surface area contributed by atoms with Crippen LogP contribution in [-0.4, -0.2) is 12.6 Å². The molecule has 5 aliphatic carbocycles. The van der Waals surface area contributed by atoms with Crippen LogP contribution in [0.15, 0.2) is 11.6 Å². The fourth-order valence-corrected chi connectivity index (χ4v) is 10.8. The smallest absolute Gasteiger partial charge is 0.293 e. The second-order valence-corrected chi connectivity index (χ2v) is 15.5. The van der Waals surface area contributed by atoms with Crippen LogP contribution in [0.4, 0.5) is 0 Å². The molecular formula is C31H50O2. The molecule has 0 amide bonds. The predicted molar refractivity (Wildman–Crippen MR) is 136 cm³/mol. The third-order valence-electron chi connectivity index (χ3n) is 13.2. The van der Waals surface area contributed by atoms with Gasteiger partial charge < -0.3 is 4.74 Å². The Bertz CT molecular complexity index is 853. The zero-order chi connectivity index (χ0) is 24.1. The predicted octanol–water partition coefficient (Wildman–Crippen LogP) is 8.35. The van der Waals surface area contributed by atoms with Gasteiger partial charge >= 0.3 is 0 Å². The maximum Gasteiger partial charge on any atom is 0.293 e. The zero-order valence-electron chi connectivity index (χ0n) is 22.9. The van der Waals surface area contributed by atoms with Crippen molar-refractivity contribution in [1.82, 2.24) is 0 Å². The van der Waals surface area contributed by atoms with Crippen molar-refractivity contribution in [3.63, 3.8) is 0 Å². The fraction of sp³-hybridized carbons (Fsp3) is 0.903. The number of rotatable bonds is 2. The lowest BCUT2D eigenvalue weighted by atomic mass is 9.33. The lowest BCUT2D eigenvalue weighted by Gasteiger charge is -2.71. The van der Waals surface area contributed by atoms with Gasteiger partial charge in [-0.1, -0.05) is 67.0 Å². The highest BCUT2D eigenvalue weighted by Crippen LogP contribution is 2.75. The number of allylic oxidation sites excluding steroid dienone is 2. The van der Waals surface area contributed by atoms with Crippen molar-refractivity contribution in [3.05, 3.63) is 11.6 Å². The topological polar surface area (TPSA) is 26.3 Å². The Morgan fingerprint density at radius 2 is 1.55 bits per heavy atom. The highest BCUT2D eigenvalue weighted by Gasteiger charge is 2.68. The van der Waals surface area contributed by atoms with Gasteiger partial charge in [0.1, 0.15) is 6.10 Å². The van der Waals surface area contributed by atoms with Crippen molar-refractivity contribution < 1.29 is 9.53 Å². The first-order chi connectivity index (χ1) is 15.2. The van der Waals surface area contributed by atoms with E-state index in [1.54, 1.807) is 0 Å². The summed E-state index contributed by atoms with van der Waals surface area (Å²) in [5.41, 5.74) is 3.95. The van der Waals surface area contributed by atoms with Crippen molar-refractivity contribution in [2.45, 2.75) is 126 Å². The van der Waals surface area contributed by atoms with Crippen LogP contribution in [0, 0.1) is 50.2 Å². The van der Waals surface area contributed by atoms with E-state index in [1.165, 1.54) is 57.8 Å². The van der Waals surface area contributed by atoms with E-state index in [9.17, 15) is 4.79 Å². The number of carbonyl (C=O) groups is 1. The number of hydrogen-bond donors (Lipinski definition) is 0. The molecule has 0 spiro atoms. The van der Waals surface area contributed by atoms with E-state index in [0.717, 1.165) is 18.3 Å². The summed E-state index contributed by atoms with van der Waals surface area (Å²) in [6, 6.07) is 0. The summed E-state index contributed by atoms with van der Waals surface area (Å²) in [6.07, 6.45) is 15.9. The zero-order valence-corrected chi connectivity index (χ0v) is 22.9. The molecule has 0 aromatic carbocycles. The average Bonchev–Trinajstić information content (AvgIpc) is 2.72. The van der Waals surface area contributed by atoms with Gasteiger partial charge in [0.25, 0.3) is 6.47 Å². The molecule has 0 radical (unpaired) electrons. The lowest BCUT2D eigenvalue weighted by Crippen LogP contribution is -2.64. The first-order valence-electron chi connectivity index (χ1n) is 14.0. The molecule has 33 heavy (non-hydrogen) atoms. The SMILES string of the molecule is CC1(C)CC[C@]2(C)CC[C@]3(C)C(=CC[C@@H]4[C@@]5(C)CC[C@H](OC=O)C(C)(C)[C@@H]5CC[C@]43C)[C@@H]2C1. The molecule has 0 aromatic rings. The molecule has 4 saturated carbocycles. The van der Waals surface area contributed by atoms with Crippen LogP contribution in [0.25, 0.3) is 0 Å². The molecule has 0 unspecified atom stereocenters. The van der Waals surface area contributed by atoms with E-state index < -0.39 is 0 Å². The second-order valence-electron chi connectivity index (χ2n) is 15.5. The van der Waals surface area contributed by atoms with Gasteiger partial charge in [-0.15, -0.1) is 0 Å². The molecule has 0 aromatic heterocycles. The number of fused-ring (bicyclic) bond motifs is 7. The molecule has 0 heterocycles. The normalized spacial score (nSPS) is 52.3. The maximum absolute atomic E-state index is 11.2. The van der Waals surface area contributed by atoms with Crippen LogP contribution in [0.2, 0.25) is 0 Å². The van der Waals surface area contributed by atoms with Crippen LogP contribution < -0.4 is 0 Å². The van der Waals surface area contributed by atoms with Crippen molar-refractivity contribution in [2.24, 2.45) is 50.2 Å². The molecule has 4 fully saturated rings. The summed E-state index contributed by atoms with van der Waals surface area (Å²) in [4.78, 5) is 11.2. The summed E-state index contributed by atoms with van der Waals surface area (Å²) < 4.78 is 5.66. The molecule has 186 valence electrons. The molecule has 0 saturated heterocycles. The largest absolute Gasteiger partial charge is 0.464 e. The van der Waals surface area contributed by atoms with Gasteiger partial charge in [0.05, 0.1) is 0 Å². The lowest BCUT2D eigenvalue weighted by molar-refractivity contribution is -0.208. The second kappa shape index (κ2) is 7.13. The summed E-state index contributed by atoms with van der Waals surface area (Å²) in [7, 11) is 0. The van der Waals surface area contributed by atoms with E-state index in [-0.39, 0.29) is 11.5 Å². The van der Waals surface area contributed by atoms with Gasteiger partial charge in [0.15, 0.2) is 0 Å². The highest BCUT2D eigenvalue weighted by molar-refractivity contribution is 5.38. The van der Waals surface area contributed by atoms with E-state index in [1.807, 2.05) is 5.57 Å². The Morgan fingerprint density at radius 1 is 0.848 bits per heavy atom. The monoisotopic (exact) mass is 454 g/mol. The van der Waals surface area contributed by atoms with Crippen LogP contribution in [0.3, 0.4) is 0 Å². The number of ether oxygens (including phenoxy) is 1. The van der Waals surface area contributed by atoms with E-state index in [4.69, 9.17) is 4.74 Å². The molecule has 8 atom stereocenters. The highest BCUT2D eigenvalue weighted by atomic mass is 16.5. The van der Waals surface area contributed by atoms with Crippen LogP contribution in [0.5, 0.6) is 0 Å². The number of carbonyl (C=O) groups excluding carboxylic acids is 1. The van der Waals surface area contributed by atoms with Crippen molar-refractivity contribution in [2.75, 3.05) is 0 Å². The molecule has 5 aliphatic rings. The minimum atomic E-state index is 0.0542. The van der Waals surface area contributed by atoms with Crippen LogP contribution >= 0.6 is 0 Å². The molecule has 5 rings (SSSR count). The standard InChI is InChI=1S/C31H50O2/c1-26(2)15-16-28(5)17-18-30(7)21(22(28)19-26)9-10-24-29(6)13-12-25(33-20-32)27(3,4)23(29)11-14-31(24,30)8/h9,20,22-25H,10-19H2,1-8H3/t22-,23-,24+,25-,28+,29-,30+,31+/m0/s1. The molecular weight excluding hydrogens is 404 g/mol. The Balaban J connectivity index is 1.54. The average molecular weight is 455 g/mol. The molecule has 0 N–H and O–H groups in total. The van der Waals surface area contributed by atoms with Crippen LogP contribution in [-0.2, 0) is 9.53 Å². The Kier molecular flexibility index (Phi) is 5.17. The maximum atomic E-state index is 11.2. The summed E-state index contributed by atoms with van der Waals surface area (Å²) >= 11 is 0. The van der Waals surface area contributed by atoms with Gasteiger partial charge in [-0.05, 0) is 109 Å². The van der Waals surface area contributed by atoms with Crippen molar-refractivity contribution in [3.8, 4) is 0 Å². The first kappa shape index (κ1) is 23.9. The quantitative estimate of drug-likeness (QED) is 0.309. The third-order valence-corrected chi connectivity index (χ3v) is 13.2. The fourth-order valence-electron chi connectivity index (χ4n) is 10.8. The first-order valence-corrected chi connectivity index (χ1v) is 14.0. The minimum Gasteiger partial charge on any atom is -0.464 e. The van der Waals surface area contributed by atoms with Crippen molar-refractivity contribution >= 4 is 6.47 Å². The summed E-state index contributed by atoms with van der Waals surface area (Å²) in [6.45, 7) is 21.1. The molecule has 0 bridgehead atoms. The summed E-state index contributed by atoms with van der Waals surface area (Å²) in [5, 5.41) is 0. The van der Waals surface area contributed by atoms with Gasteiger partial charge in [0, 0.05) is 5.41 Å². The Hall–Kier alpha value is -0.790. The van der Waals surface area contributed by atoms with Crippen molar-refractivity contribution in [1.29, 1.82) is 0 Å². The van der Waals surface area contributed by atoms with E-state index in [0.29, 0.717) is 39.5 Å². The van der Waals surface area contributed by atoms with E-state index in [2.05, 4.69) is 61.5 Å². The Labute approximate surface area is 203 Å². The molecule has 2 nitrogen and oxygen atoms in total. The van der Waals surface area contributed by atoms with Gasteiger partial charge in [-0.3, -0.25) is 4.79 Å². The molecule has 0 aliphatic heterocycles. The van der Waals surface area contributed by atoms with Gasteiger partial charge in [-0.2, -0.15) is 0 Å².